The molecule has 4 atom stereocenters. The summed E-state index contributed by atoms with van der Waals surface area (Å²) in [6, 6.07) is 22.4. The topological polar surface area (TPSA) is 79.5 Å². The summed E-state index contributed by atoms with van der Waals surface area (Å²) < 4.78 is 34.7. The third-order valence-electron chi connectivity index (χ3n) is 9.35. The van der Waals surface area contributed by atoms with Crippen molar-refractivity contribution >= 4 is 20.6 Å². The van der Waals surface area contributed by atoms with Crippen LogP contribution in [-0.4, -0.2) is 50.5 Å². The Hall–Kier alpha value is -2.45. The molecule has 3 aliphatic rings. The second-order valence-corrected chi connectivity index (χ2v) is 14.1. The zero-order valence-electron chi connectivity index (χ0n) is 23.6. The van der Waals surface area contributed by atoms with Crippen molar-refractivity contribution in [3.8, 4) is 5.75 Å². The van der Waals surface area contributed by atoms with Crippen LogP contribution in [0, 0.1) is 0 Å². The van der Waals surface area contributed by atoms with E-state index in [9.17, 15) is 8.42 Å². The molecule has 3 fully saturated rings. The maximum atomic E-state index is 14.4. The van der Waals surface area contributed by atoms with Crippen LogP contribution in [0.2, 0.25) is 0 Å². The molecule has 6 rings (SSSR count). The maximum absolute atomic E-state index is 14.4. The van der Waals surface area contributed by atoms with Crippen molar-refractivity contribution in [3.63, 3.8) is 0 Å². The lowest BCUT2D eigenvalue weighted by molar-refractivity contribution is 0.309. The number of fused-ring (bicyclic) bond motifs is 3. The fraction of sp³-hybridized carbons (Fsp3) is 0.515. The van der Waals surface area contributed by atoms with Crippen LogP contribution in [0.25, 0.3) is 10.8 Å². The van der Waals surface area contributed by atoms with Crippen molar-refractivity contribution in [1.29, 1.82) is 0 Å². The molecule has 6 nitrogen and oxygen atoms in total. The van der Waals surface area contributed by atoms with Gasteiger partial charge in [-0.25, -0.2) is 8.42 Å². The summed E-state index contributed by atoms with van der Waals surface area (Å²) in [5.74, 6) is 0.724. The molecule has 2 heterocycles. The number of rotatable bonds is 12. The second kappa shape index (κ2) is 11.8. The summed E-state index contributed by atoms with van der Waals surface area (Å²) in [4.78, 5) is 0.382. The van der Waals surface area contributed by atoms with Crippen LogP contribution in [0.3, 0.4) is 0 Å². The van der Waals surface area contributed by atoms with Gasteiger partial charge >= 0.3 is 0 Å². The van der Waals surface area contributed by atoms with Crippen molar-refractivity contribution in [1.82, 2.24) is 16.0 Å². The average Bonchev–Trinajstić information content (AvgIpc) is 3.72. The van der Waals surface area contributed by atoms with Crippen molar-refractivity contribution in [2.75, 3.05) is 13.2 Å². The maximum Gasteiger partial charge on any atom is 0.184 e. The van der Waals surface area contributed by atoms with Crippen molar-refractivity contribution in [2.24, 2.45) is 0 Å². The Bertz CT molecular complexity index is 1400. The molecule has 0 aromatic heterocycles. The van der Waals surface area contributed by atoms with Crippen LogP contribution in [0.5, 0.6) is 5.75 Å². The van der Waals surface area contributed by atoms with E-state index >= 15 is 0 Å². The second-order valence-electron chi connectivity index (χ2n) is 12.0. The van der Waals surface area contributed by atoms with Crippen LogP contribution in [-0.2, 0) is 16.4 Å². The van der Waals surface area contributed by atoms with Gasteiger partial charge in [-0.3, -0.25) is 0 Å². The van der Waals surface area contributed by atoms with Gasteiger partial charge in [0, 0.05) is 36.8 Å². The number of unbranched alkanes of at least 4 members (excludes halogenated alkanes) is 1. The van der Waals surface area contributed by atoms with Crippen molar-refractivity contribution < 1.29 is 13.2 Å². The first-order valence-electron chi connectivity index (χ1n) is 15.2. The van der Waals surface area contributed by atoms with Gasteiger partial charge in [-0.1, -0.05) is 62.6 Å². The van der Waals surface area contributed by atoms with E-state index in [4.69, 9.17) is 4.74 Å². The molecule has 0 spiro atoms. The van der Waals surface area contributed by atoms with E-state index in [1.165, 1.54) is 42.0 Å². The van der Waals surface area contributed by atoms with Gasteiger partial charge in [-0.15, -0.1) is 0 Å². The third kappa shape index (κ3) is 5.54. The lowest BCUT2D eigenvalue weighted by Crippen LogP contribution is -2.60. The monoisotopic (exact) mass is 561 g/mol. The molecule has 2 aliphatic heterocycles. The van der Waals surface area contributed by atoms with Gasteiger partial charge in [-0.2, -0.15) is 0 Å². The highest BCUT2D eigenvalue weighted by atomic mass is 32.2. The zero-order chi connectivity index (χ0) is 27.6. The van der Waals surface area contributed by atoms with Gasteiger partial charge in [-0.05, 0) is 78.8 Å². The van der Waals surface area contributed by atoms with Crippen LogP contribution < -0.4 is 20.7 Å². The van der Waals surface area contributed by atoms with E-state index in [1.807, 2.05) is 12.1 Å². The predicted octanol–water partition coefficient (Wildman–Crippen LogP) is 5.36. The average molecular weight is 562 g/mol. The molecule has 4 unspecified atom stereocenters. The first-order valence-corrected chi connectivity index (χ1v) is 16.7. The molecule has 214 valence electrons. The van der Waals surface area contributed by atoms with E-state index in [0.717, 1.165) is 31.4 Å². The fourth-order valence-electron chi connectivity index (χ4n) is 7.20. The van der Waals surface area contributed by atoms with Gasteiger partial charge in [0.2, 0.25) is 0 Å². The lowest BCUT2D eigenvalue weighted by atomic mass is 9.83. The Morgan fingerprint density at radius 3 is 2.50 bits per heavy atom. The molecular weight excluding hydrogens is 518 g/mol. The van der Waals surface area contributed by atoms with Gasteiger partial charge < -0.3 is 20.7 Å². The molecule has 1 aliphatic carbocycles. The highest BCUT2D eigenvalue weighted by Crippen LogP contribution is 2.44. The summed E-state index contributed by atoms with van der Waals surface area (Å²) in [5.41, 5.74) is 0.688. The Balaban J connectivity index is 1.26. The molecule has 40 heavy (non-hydrogen) atoms. The van der Waals surface area contributed by atoms with E-state index in [0.29, 0.717) is 30.6 Å². The molecule has 3 aromatic rings. The standard InChI is InChI=1S/C33H43N3O3S/c1-2-3-20-39-28-14-16-29(17-15-28)40(37,38)32-31(34-22-24-12-13-25-8-4-5-9-26(25)21-24)30-18-19-33(32,36-30)23-35-27-10-6-7-11-27/h4-5,8-9,12-17,21,27,30-32,34-36H,2-3,6-7,10-11,18-20,22-23H2,1H3. The summed E-state index contributed by atoms with van der Waals surface area (Å²) >= 11 is 0. The summed E-state index contributed by atoms with van der Waals surface area (Å²) in [7, 11) is -3.62. The SMILES string of the molecule is CCCCOc1ccc(S(=O)(=O)C2C(NCc3ccc4ccccc4c3)C3CCC2(CNC2CCCC2)N3)cc1. The van der Waals surface area contributed by atoms with Crippen LogP contribution in [0.1, 0.15) is 63.9 Å². The van der Waals surface area contributed by atoms with Gasteiger partial charge in [0.15, 0.2) is 9.84 Å². The van der Waals surface area contributed by atoms with Crippen molar-refractivity contribution in [3.05, 3.63) is 72.3 Å². The van der Waals surface area contributed by atoms with E-state index in [-0.39, 0.29) is 12.1 Å². The number of benzene rings is 3. The van der Waals surface area contributed by atoms with Gasteiger partial charge in [0.25, 0.3) is 0 Å². The molecular formula is C33H43N3O3S. The fourth-order valence-corrected chi connectivity index (χ4v) is 9.55. The van der Waals surface area contributed by atoms with E-state index < -0.39 is 20.6 Å². The molecule has 3 N–H and O–H groups in total. The number of hydrogen-bond acceptors (Lipinski definition) is 6. The van der Waals surface area contributed by atoms with Gasteiger partial charge in [0.05, 0.1) is 11.5 Å². The van der Waals surface area contributed by atoms with Crippen LogP contribution in [0.4, 0.5) is 0 Å². The Morgan fingerprint density at radius 1 is 0.950 bits per heavy atom. The van der Waals surface area contributed by atoms with Crippen molar-refractivity contribution in [2.45, 2.75) is 98.6 Å². The van der Waals surface area contributed by atoms with E-state index in [1.54, 1.807) is 12.1 Å². The third-order valence-corrected chi connectivity index (χ3v) is 11.7. The first-order chi connectivity index (χ1) is 19.5. The van der Waals surface area contributed by atoms with Crippen LogP contribution >= 0.6 is 0 Å². The Labute approximate surface area is 239 Å². The Morgan fingerprint density at radius 2 is 1.73 bits per heavy atom. The largest absolute Gasteiger partial charge is 0.494 e. The Kier molecular flexibility index (Phi) is 8.18. The molecule has 0 radical (unpaired) electrons. The summed E-state index contributed by atoms with van der Waals surface area (Å²) in [6.07, 6.45) is 8.77. The highest BCUT2D eigenvalue weighted by Gasteiger charge is 2.62. The highest BCUT2D eigenvalue weighted by molar-refractivity contribution is 7.92. The molecule has 3 aromatic carbocycles. The molecule has 0 amide bonds. The number of ether oxygens (including phenoxy) is 1. The minimum absolute atomic E-state index is 0.127. The number of nitrogens with one attached hydrogen (secondary N) is 3. The summed E-state index contributed by atoms with van der Waals surface area (Å²) in [6.45, 7) is 4.10. The molecule has 2 saturated heterocycles. The normalized spacial score (nSPS) is 26.6. The minimum atomic E-state index is -3.62. The van der Waals surface area contributed by atoms with Gasteiger partial charge in [0.1, 0.15) is 11.0 Å². The summed E-state index contributed by atoms with van der Waals surface area (Å²) in [5, 5.41) is 13.2. The number of hydrogen-bond donors (Lipinski definition) is 3. The zero-order valence-corrected chi connectivity index (χ0v) is 24.4. The minimum Gasteiger partial charge on any atom is -0.494 e. The van der Waals surface area contributed by atoms with Crippen LogP contribution in [0.15, 0.2) is 71.6 Å². The van der Waals surface area contributed by atoms with E-state index in [2.05, 4.69) is 65.3 Å². The predicted molar refractivity (Wildman–Crippen MR) is 162 cm³/mol. The quantitative estimate of drug-likeness (QED) is 0.259. The smallest absolute Gasteiger partial charge is 0.184 e. The molecule has 7 heteroatoms. The molecule has 1 saturated carbocycles. The first kappa shape index (κ1) is 27.7. The lowest BCUT2D eigenvalue weighted by Gasteiger charge is -2.39. The number of sulfone groups is 1. The molecule has 2 bridgehead atoms.